The highest BCUT2D eigenvalue weighted by Crippen LogP contribution is 2.37. The number of rotatable bonds is 1. The molecule has 0 atom stereocenters. The van der Waals surface area contributed by atoms with Crippen LogP contribution in [0.2, 0.25) is 15.1 Å². The van der Waals surface area contributed by atoms with Gasteiger partial charge in [0.2, 0.25) is 5.95 Å². The molecule has 0 saturated heterocycles. The molecule has 0 aliphatic rings. The third-order valence-corrected chi connectivity index (χ3v) is 3.31. The third-order valence-electron chi connectivity index (χ3n) is 2.02. The maximum absolute atomic E-state index is 6.07. The molecule has 16 heavy (non-hydrogen) atoms. The highest BCUT2D eigenvalue weighted by atomic mass is 35.5. The summed E-state index contributed by atoms with van der Waals surface area (Å²) >= 11 is 17.8. The average molecular weight is 275 g/mol. The van der Waals surface area contributed by atoms with Gasteiger partial charge in [-0.1, -0.05) is 40.9 Å². The first-order valence-electron chi connectivity index (χ1n) is 4.31. The summed E-state index contributed by atoms with van der Waals surface area (Å²) in [7, 11) is 0. The van der Waals surface area contributed by atoms with Gasteiger partial charge >= 0.3 is 0 Å². The molecule has 0 saturated carbocycles. The van der Waals surface area contributed by atoms with Crippen molar-refractivity contribution in [2.45, 2.75) is 0 Å². The average Bonchev–Trinajstić information content (AvgIpc) is 2.28. The van der Waals surface area contributed by atoms with Crippen molar-refractivity contribution in [1.82, 2.24) is 9.97 Å². The van der Waals surface area contributed by atoms with E-state index in [1.165, 1.54) is 0 Å². The van der Waals surface area contributed by atoms with Crippen molar-refractivity contribution in [2.24, 2.45) is 0 Å². The standard InChI is InChI=1S/C10H6Cl3N3/c11-7-2-1-6(8(12)9(7)13)5-3-15-10(14)16-4-5/h1-4H,(H2,14,15,16). The van der Waals surface area contributed by atoms with E-state index in [4.69, 9.17) is 40.5 Å². The smallest absolute Gasteiger partial charge is 0.219 e. The maximum Gasteiger partial charge on any atom is 0.219 e. The van der Waals surface area contributed by atoms with E-state index in [9.17, 15) is 0 Å². The van der Waals surface area contributed by atoms with E-state index in [2.05, 4.69) is 9.97 Å². The third kappa shape index (κ3) is 2.07. The summed E-state index contributed by atoms with van der Waals surface area (Å²) in [6.45, 7) is 0. The van der Waals surface area contributed by atoms with Gasteiger partial charge in [-0.2, -0.15) is 0 Å². The molecule has 0 fully saturated rings. The van der Waals surface area contributed by atoms with Crippen LogP contribution < -0.4 is 5.73 Å². The fourth-order valence-electron chi connectivity index (χ4n) is 1.23. The predicted octanol–water partition coefficient (Wildman–Crippen LogP) is 3.69. The highest BCUT2D eigenvalue weighted by Gasteiger charge is 2.10. The minimum Gasteiger partial charge on any atom is -0.368 e. The molecule has 1 aromatic carbocycles. The van der Waals surface area contributed by atoms with E-state index < -0.39 is 0 Å². The van der Waals surface area contributed by atoms with Gasteiger partial charge in [0.25, 0.3) is 0 Å². The largest absolute Gasteiger partial charge is 0.368 e. The van der Waals surface area contributed by atoms with Gasteiger partial charge in [0.05, 0.1) is 15.1 Å². The molecule has 0 spiro atoms. The lowest BCUT2D eigenvalue weighted by Crippen LogP contribution is -1.93. The van der Waals surface area contributed by atoms with Gasteiger partial charge < -0.3 is 5.73 Å². The van der Waals surface area contributed by atoms with Crippen LogP contribution in [0.25, 0.3) is 11.1 Å². The summed E-state index contributed by atoms with van der Waals surface area (Å²) in [5.74, 6) is 0.208. The van der Waals surface area contributed by atoms with E-state index in [0.717, 1.165) is 11.1 Å². The van der Waals surface area contributed by atoms with Crippen LogP contribution in [0, 0.1) is 0 Å². The fourth-order valence-corrected chi connectivity index (χ4v) is 1.87. The van der Waals surface area contributed by atoms with Crippen LogP contribution in [-0.4, -0.2) is 9.97 Å². The molecule has 6 heteroatoms. The zero-order valence-corrected chi connectivity index (χ0v) is 10.2. The van der Waals surface area contributed by atoms with E-state index in [1.807, 2.05) is 0 Å². The monoisotopic (exact) mass is 273 g/mol. The van der Waals surface area contributed by atoms with Crippen molar-refractivity contribution in [3.05, 3.63) is 39.6 Å². The van der Waals surface area contributed by atoms with Crippen molar-refractivity contribution in [2.75, 3.05) is 5.73 Å². The molecule has 0 aliphatic carbocycles. The molecule has 1 aromatic heterocycles. The van der Waals surface area contributed by atoms with Crippen LogP contribution in [0.15, 0.2) is 24.5 Å². The quantitative estimate of drug-likeness (QED) is 0.807. The molecule has 1 heterocycles. The Labute approximate surface area is 107 Å². The lowest BCUT2D eigenvalue weighted by molar-refractivity contribution is 1.19. The molecule has 0 amide bonds. The van der Waals surface area contributed by atoms with E-state index in [1.54, 1.807) is 24.5 Å². The number of anilines is 1. The zero-order valence-electron chi connectivity index (χ0n) is 7.92. The Morgan fingerprint density at radius 2 is 1.56 bits per heavy atom. The number of nitrogens with zero attached hydrogens (tertiary/aromatic N) is 2. The summed E-state index contributed by atoms with van der Waals surface area (Å²) in [6, 6.07) is 3.42. The van der Waals surface area contributed by atoms with E-state index in [-0.39, 0.29) is 5.95 Å². The summed E-state index contributed by atoms with van der Waals surface area (Å²) in [5.41, 5.74) is 6.85. The number of benzene rings is 1. The minimum absolute atomic E-state index is 0.208. The first-order chi connectivity index (χ1) is 7.59. The van der Waals surface area contributed by atoms with Crippen molar-refractivity contribution >= 4 is 40.8 Å². The lowest BCUT2D eigenvalue weighted by atomic mass is 10.1. The number of aromatic nitrogens is 2. The van der Waals surface area contributed by atoms with Crippen molar-refractivity contribution in [3.8, 4) is 11.1 Å². The van der Waals surface area contributed by atoms with Crippen LogP contribution in [0.3, 0.4) is 0 Å². The Morgan fingerprint density at radius 3 is 2.19 bits per heavy atom. The maximum atomic E-state index is 6.07. The molecule has 0 bridgehead atoms. The molecule has 2 aromatic rings. The molecule has 0 unspecified atom stereocenters. The number of hydrogen-bond acceptors (Lipinski definition) is 3. The summed E-state index contributed by atoms with van der Waals surface area (Å²) in [6.07, 6.45) is 3.15. The first kappa shape index (κ1) is 11.5. The summed E-state index contributed by atoms with van der Waals surface area (Å²) in [5, 5.41) is 1.10. The van der Waals surface area contributed by atoms with Crippen LogP contribution in [-0.2, 0) is 0 Å². The molecule has 0 aliphatic heterocycles. The Balaban J connectivity index is 2.57. The highest BCUT2D eigenvalue weighted by molar-refractivity contribution is 6.49. The Hall–Kier alpha value is -1.03. The zero-order chi connectivity index (χ0) is 11.7. The Morgan fingerprint density at radius 1 is 0.938 bits per heavy atom. The van der Waals surface area contributed by atoms with Gasteiger partial charge in [0.15, 0.2) is 0 Å². The minimum atomic E-state index is 0.208. The molecular formula is C10H6Cl3N3. The molecule has 2 N–H and O–H groups in total. The van der Waals surface area contributed by atoms with Crippen LogP contribution in [0.4, 0.5) is 5.95 Å². The van der Waals surface area contributed by atoms with Gasteiger partial charge in [-0.05, 0) is 6.07 Å². The summed E-state index contributed by atoms with van der Waals surface area (Å²) < 4.78 is 0. The molecule has 3 nitrogen and oxygen atoms in total. The fraction of sp³-hybridized carbons (Fsp3) is 0. The molecular weight excluding hydrogens is 268 g/mol. The normalized spacial score (nSPS) is 10.4. The number of halogens is 3. The van der Waals surface area contributed by atoms with E-state index >= 15 is 0 Å². The second kappa shape index (κ2) is 4.45. The SMILES string of the molecule is Nc1ncc(-c2ccc(Cl)c(Cl)c2Cl)cn1. The predicted molar refractivity (Wildman–Crippen MR) is 66.9 cm³/mol. The first-order valence-corrected chi connectivity index (χ1v) is 5.44. The lowest BCUT2D eigenvalue weighted by Gasteiger charge is -2.06. The Kier molecular flexibility index (Phi) is 3.19. The van der Waals surface area contributed by atoms with Gasteiger partial charge in [-0.15, -0.1) is 0 Å². The van der Waals surface area contributed by atoms with Crippen LogP contribution in [0.1, 0.15) is 0 Å². The van der Waals surface area contributed by atoms with Gasteiger partial charge in [-0.3, -0.25) is 0 Å². The topological polar surface area (TPSA) is 51.8 Å². The molecule has 0 radical (unpaired) electrons. The van der Waals surface area contributed by atoms with Crippen LogP contribution in [0.5, 0.6) is 0 Å². The number of nitrogen functional groups attached to an aromatic ring is 1. The van der Waals surface area contributed by atoms with Crippen molar-refractivity contribution in [1.29, 1.82) is 0 Å². The van der Waals surface area contributed by atoms with Crippen molar-refractivity contribution in [3.63, 3.8) is 0 Å². The molecule has 82 valence electrons. The number of nitrogens with two attached hydrogens (primary N) is 1. The molecule has 2 rings (SSSR count). The Bertz CT molecular complexity index is 526. The number of hydrogen-bond donors (Lipinski definition) is 1. The second-order valence-corrected chi connectivity index (χ2v) is 4.22. The van der Waals surface area contributed by atoms with E-state index in [0.29, 0.717) is 15.1 Å². The van der Waals surface area contributed by atoms with Gasteiger partial charge in [0.1, 0.15) is 0 Å². The second-order valence-electron chi connectivity index (χ2n) is 3.05. The summed E-state index contributed by atoms with van der Waals surface area (Å²) in [4.78, 5) is 7.76. The van der Waals surface area contributed by atoms with Gasteiger partial charge in [-0.25, -0.2) is 9.97 Å². The van der Waals surface area contributed by atoms with Gasteiger partial charge in [0, 0.05) is 23.5 Å². The van der Waals surface area contributed by atoms with Crippen LogP contribution >= 0.6 is 34.8 Å². The van der Waals surface area contributed by atoms with Crippen molar-refractivity contribution < 1.29 is 0 Å².